The maximum absolute atomic E-state index is 13.2. The fraction of sp³-hybridized carbons (Fsp3) is 0.393. The second kappa shape index (κ2) is 17.4. The third-order valence-electron chi connectivity index (χ3n) is 6.62. The summed E-state index contributed by atoms with van der Waals surface area (Å²) >= 11 is 1.43. The van der Waals surface area contributed by atoms with E-state index in [1.165, 1.54) is 48.9 Å². The number of hydrogen-bond donors (Lipinski definition) is 9. The summed E-state index contributed by atoms with van der Waals surface area (Å²) in [5.41, 5.74) is 7.79. The number of aromatic amines is 2. The van der Waals surface area contributed by atoms with Gasteiger partial charge in [-0.2, -0.15) is 11.8 Å². The maximum Gasteiger partial charge on any atom is 0.326 e. The minimum atomic E-state index is -1.27. The van der Waals surface area contributed by atoms with Crippen LogP contribution in [0.4, 0.5) is 0 Å². The lowest BCUT2D eigenvalue weighted by Gasteiger charge is -2.22. The van der Waals surface area contributed by atoms with Gasteiger partial charge in [0.05, 0.1) is 25.2 Å². The van der Waals surface area contributed by atoms with E-state index in [1.807, 2.05) is 6.26 Å². The van der Waals surface area contributed by atoms with Crippen LogP contribution in [0.1, 0.15) is 23.4 Å². The number of phenols is 1. The molecule has 2 aromatic heterocycles. The first-order chi connectivity index (χ1) is 21.5. The minimum absolute atomic E-state index is 0.0260. The van der Waals surface area contributed by atoms with Gasteiger partial charge in [-0.15, -0.1) is 0 Å². The number of benzene rings is 1. The Morgan fingerprint density at radius 1 is 0.844 bits per heavy atom. The summed E-state index contributed by atoms with van der Waals surface area (Å²) in [4.78, 5) is 77.0. The molecule has 1 aromatic carbocycles. The van der Waals surface area contributed by atoms with Crippen molar-refractivity contribution >= 4 is 41.4 Å². The third kappa shape index (κ3) is 11.6. The van der Waals surface area contributed by atoms with Gasteiger partial charge in [0.15, 0.2) is 0 Å². The molecule has 0 fully saturated rings. The van der Waals surface area contributed by atoms with E-state index in [4.69, 9.17) is 5.73 Å². The standard InChI is InChI=1S/C28H37N9O7S/c1-45-7-6-21(27(42)37-23(28(43)44)10-18-12-31-15-34-18)35-24(39)13-32-26(41)22(8-16-2-4-19(38)5-3-16)36-25(40)20(29)9-17-11-30-14-33-17/h2-5,11-12,14-15,20-23,38H,6-10,13,29H2,1H3,(H,30,33)(H,31,34)(H,32,41)(H,35,39)(H,36,40)(H,37,42)(H,43,44)/t20-,21-,22-,23-/m0/s1. The predicted octanol–water partition coefficient (Wildman–Crippen LogP) is -1.40. The average molecular weight is 644 g/mol. The number of nitrogens with zero attached hydrogens (tertiary/aromatic N) is 2. The average Bonchev–Trinajstić information content (AvgIpc) is 3.73. The van der Waals surface area contributed by atoms with Gasteiger partial charge in [-0.25, -0.2) is 14.8 Å². The number of thioether (sulfide) groups is 1. The lowest BCUT2D eigenvalue weighted by molar-refractivity contribution is -0.142. The van der Waals surface area contributed by atoms with E-state index in [0.717, 1.165) is 0 Å². The van der Waals surface area contributed by atoms with E-state index in [0.29, 0.717) is 22.7 Å². The molecular formula is C28H37N9O7S. The fourth-order valence-electron chi connectivity index (χ4n) is 4.21. The molecule has 0 aliphatic carbocycles. The van der Waals surface area contributed by atoms with E-state index >= 15 is 0 Å². The lowest BCUT2D eigenvalue weighted by Crippen LogP contribution is -2.56. The van der Waals surface area contributed by atoms with Gasteiger partial charge in [0, 0.05) is 43.0 Å². The van der Waals surface area contributed by atoms with Crippen LogP contribution in [0.25, 0.3) is 0 Å². The number of nitrogens with one attached hydrogen (secondary N) is 6. The van der Waals surface area contributed by atoms with Crippen molar-refractivity contribution in [3.8, 4) is 5.75 Å². The van der Waals surface area contributed by atoms with Crippen molar-refractivity contribution in [2.24, 2.45) is 5.73 Å². The highest BCUT2D eigenvalue weighted by Gasteiger charge is 2.28. The van der Waals surface area contributed by atoms with Gasteiger partial charge in [-0.05, 0) is 36.1 Å². The monoisotopic (exact) mass is 643 g/mol. The summed E-state index contributed by atoms with van der Waals surface area (Å²) in [5.74, 6) is -3.43. The van der Waals surface area contributed by atoms with Gasteiger partial charge in [-0.1, -0.05) is 12.1 Å². The Kier molecular flexibility index (Phi) is 13.4. The largest absolute Gasteiger partial charge is 0.508 e. The number of aliphatic carboxylic acids is 1. The number of carboxylic acids is 1. The summed E-state index contributed by atoms with van der Waals surface area (Å²) < 4.78 is 0. The normalized spacial score (nSPS) is 13.6. The molecule has 0 aliphatic heterocycles. The number of H-pyrrole nitrogens is 2. The van der Waals surface area contributed by atoms with Crippen LogP contribution in [0.15, 0.2) is 49.3 Å². The molecule has 4 atom stereocenters. The van der Waals surface area contributed by atoms with E-state index < -0.39 is 60.3 Å². The van der Waals surface area contributed by atoms with Gasteiger partial charge in [-0.3, -0.25) is 19.2 Å². The fourth-order valence-corrected chi connectivity index (χ4v) is 4.68. The number of phenolic OH excluding ortho intramolecular Hbond substituents is 1. The Labute approximate surface area is 262 Å². The van der Waals surface area contributed by atoms with Crippen molar-refractivity contribution < 1.29 is 34.2 Å². The molecule has 242 valence electrons. The van der Waals surface area contributed by atoms with Crippen LogP contribution in [-0.4, -0.2) is 102 Å². The van der Waals surface area contributed by atoms with Crippen LogP contribution < -0.4 is 27.0 Å². The molecule has 0 radical (unpaired) electrons. The molecule has 0 spiro atoms. The zero-order valence-electron chi connectivity index (χ0n) is 24.5. The van der Waals surface area contributed by atoms with Gasteiger partial charge >= 0.3 is 5.97 Å². The zero-order valence-corrected chi connectivity index (χ0v) is 25.3. The molecule has 2 heterocycles. The summed E-state index contributed by atoms with van der Waals surface area (Å²) in [5, 5.41) is 29.3. The summed E-state index contributed by atoms with van der Waals surface area (Å²) in [6, 6.07) is 1.59. The Hall–Kier alpha value is -4.90. The van der Waals surface area contributed by atoms with Crippen molar-refractivity contribution in [1.29, 1.82) is 0 Å². The Morgan fingerprint density at radius 3 is 2.04 bits per heavy atom. The first kappa shape index (κ1) is 34.6. The quantitative estimate of drug-likeness (QED) is 0.0779. The van der Waals surface area contributed by atoms with Crippen LogP contribution in [-0.2, 0) is 43.2 Å². The molecule has 16 nitrogen and oxygen atoms in total. The van der Waals surface area contributed by atoms with Gasteiger partial charge in [0.1, 0.15) is 23.9 Å². The molecule has 0 saturated heterocycles. The van der Waals surface area contributed by atoms with Gasteiger partial charge < -0.3 is 47.2 Å². The Morgan fingerprint density at radius 2 is 1.47 bits per heavy atom. The van der Waals surface area contributed by atoms with Gasteiger partial charge in [0.2, 0.25) is 23.6 Å². The van der Waals surface area contributed by atoms with Gasteiger partial charge in [0.25, 0.3) is 0 Å². The molecule has 10 N–H and O–H groups in total. The van der Waals surface area contributed by atoms with Crippen molar-refractivity contribution in [2.75, 3.05) is 18.6 Å². The zero-order chi connectivity index (χ0) is 32.8. The minimum Gasteiger partial charge on any atom is -0.508 e. The number of carbonyl (C=O) groups excluding carboxylic acids is 4. The van der Waals surface area contributed by atoms with E-state index in [-0.39, 0.29) is 31.4 Å². The molecule has 17 heteroatoms. The van der Waals surface area contributed by atoms with Crippen LogP contribution >= 0.6 is 11.8 Å². The number of aromatic nitrogens is 4. The lowest BCUT2D eigenvalue weighted by atomic mass is 10.0. The molecule has 0 saturated carbocycles. The molecule has 45 heavy (non-hydrogen) atoms. The number of amides is 4. The topological polar surface area (TPSA) is 257 Å². The Bertz CT molecular complexity index is 1400. The first-order valence-electron chi connectivity index (χ1n) is 13.9. The summed E-state index contributed by atoms with van der Waals surface area (Å²) in [6.07, 6.45) is 7.97. The van der Waals surface area contributed by atoms with E-state index in [9.17, 15) is 34.2 Å². The van der Waals surface area contributed by atoms with Crippen molar-refractivity contribution in [1.82, 2.24) is 41.2 Å². The molecule has 0 bridgehead atoms. The Balaban J connectivity index is 1.62. The SMILES string of the molecule is CSCC[C@H](NC(=O)CNC(=O)[C@H](Cc1ccc(O)cc1)NC(=O)[C@@H](N)Cc1cnc[nH]1)C(=O)N[C@@H](Cc1cnc[nH]1)C(=O)O. The van der Waals surface area contributed by atoms with Crippen LogP contribution in [0.5, 0.6) is 5.75 Å². The highest BCUT2D eigenvalue weighted by molar-refractivity contribution is 7.98. The number of rotatable bonds is 18. The number of imidazole rings is 2. The molecule has 4 amide bonds. The summed E-state index contributed by atoms with van der Waals surface area (Å²) in [6.45, 7) is -0.527. The number of nitrogens with two attached hydrogens (primary N) is 1. The molecule has 3 rings (SSSR count). The second-order valence-corrected chi connectivity index (χ2v) is 11.1. The smallest absolute Gasteiger partial charge is 0.326 e. The van der Waals surface area contributed by atoms with Crippen LogP contribution in [0, 0.1) is 0 Å². The number of carboxylic acid groups (broad SMARTS) is 1. The molecule has 3 aromatic rings. The first-order valence-corrected chi connectivity index (χ1v) is 15.3. The highest BCUT2D eigenvalue weighted by atomic mass is 32.2. The van der Waals surface area contributed by atoms with Crippen molar-refractivity contribution in [2.45, 2.75) is 49.9 Å². The molecule has 0 unspecified atom stereocenters. The number of aromatic hydroxyl groups is 1. The van der Waals surface area contributed by atoms with E-state index in [2.05, 4.69) is 41.2 Å². The van der Waals surface area contributed by atoms with Crippen molar-refractivity contribution in [3.63, 3.8) is 0 Å². The van der Waals surface area contributed by atoms with Crippen LogP contribution in [0.3, 0.4) is 0 Å². The predicted molar refractivity (Wildman–Crippen MR) is 164 cm³/mol. The maximum atomic E-state index is 13.2. The third-order valence-corrected chi connectivity index (χ3v) is 7.26. The summed E-state index contributed by atoms with van der Waals surface area (Å²) in [7, 11) is 0. The molecule has 0 aliphatic rings. The number of carbonyl (C=O) groups is 5. The van der Waals surface area contributed by atoms with Crippen LogP contribution in [0.2, 0.25) is 0 Å². The molecular weight excluding hydrogens is 606 g/mol. The highest BCUT2D eigenvalue weighted by Crippen LogP contribution is 2.12. The number of hydrogen-bond acceptors (Lipinski definition) is 10. The van der Waals surface area contributed by atoms with E-state index in [1.54, 1.807) is 12.1 Å². The second-order valence-electron chi connectivity index (χ2n) is 10.1. The van der Waals surface area contributed by atoms with Crippen molar-refractivity contribution in [3.05, 3.63) is 66.3 Å².